The van der Waals surface area contributed by atoms with Gasteiger partial charge in [0.05, 0.1) is 4.92 Å². The Balaban J connectivity index is 2.99. The fourth-order valence-electron chi connectivity index (χ4n) is 1.23. The standard InChI is InChI=1S/C11H11NO3/c1-8(7-9(2)13)10-3-5-11(6-4-10)12(14)15/h3-7H,1-2H3/b8-7-. The molecule has 0 saturated heterocycles. The van der Waals surface area contributed by atoms with Crippen molar-refractivity contribution in [2.75, 3.05) is 0 Å². The highest BCUT2D eigenvalue weighted by molar-refractivity contribution is 5.94. The number of hydrogen-bond acceptors (Lipinski definition) is 3. The van der Waals surface area contributed by atoms with Crippen LogP contribution in [0.2, 0.25) is 0 Å². The average molecular weight is 205 g/mol. The van der Waals surface area contributed by atoms with Crippen LogP contribution in [0.3, 0.4) is 0 Å². The van der Waals surface area contributed by atoms with E-state index >= 15 is 0 Å². The Labute approximate surface area is 87.4 Å². The van der Waals surface area contributed by atoms with Gasteiger partial charge in [-0.15, -0.1) is 0 Å². The van der Waals surface area contributed by atoms with Gasteiger partial charge in [-0.25, -0.2) is 0 Å². The van der Waals surface area contributed by atoms with Crippen molar-refractivity contribution in [2.24, 2.45) is 0 Å². The second-order valence-corrected chi connectivity index (χ2v) is 3.24. The summed E-state index contributed by atoms with van der Waals surface area (Å²) < 4.78 is 0. The number of carbonyl (C=O) groups is 1. The largest absolute Gasteiger partial charge is 0.295 e. The number of hydrogen-bond donors (Lipinski definition) is 0. The molecule has 0 aromatic heterocycles. The van der Waals surface area contributed by atoms with Gasteiger partial charge in [-0.1, -0.05) is 0 Å². The third kappa shape index (κ3) is 3.02. The van der Waals surface area contributed by atoms with Gasteiger partial charge in [0.25, 0.3) is 5.69 Å². The molecule has 1 aromatic rings. The van der Waals surface area contributed by atoms with Crippen molar-refractivity contribution in [2.45, 2.75) is 13.8 Å². The van der Waals surface area contributed by atoms with Crippen LogP contribution < -0.4 is 0 Å². The highest BCUT2D eigenvalue weighted by Crippen LogP contribution is 2.18. The number of nitro benzene ring substituents is 1. The van der Waals surface area contributed by atoms with E-state index in [2.05, 4.69) is 0 Å². The third-order valence-corrected chi connectivity index (χ3v) is 1.95. The zero-order valence-electron chi connectivity index (χ0n) is 8.56. The van der Waals surface area contributed by atoms with Crippen LogP contribution in [-0.4, -0.2) is 10.7 Å². The van der Waals surface area contributed by atoms with Gasteiger partial charge in [0.2, 0.25) is 0 Å². The number of nitrogens with zero attached hydrogens (tertiary/aromatic N) is 1. The summed E-state index contributed by atoms with van der Waals surface area (Å²) in [5.74, 6) is -0.0362. The fraction of sp³-hybridized carbons (Fsp3) is 0.182. The van der Waals surface area contributed by atoms with Crippen molar-refractivity contribution in [1.29, 1.82) is 0 Å². The Hall–Kier alpha value is -1.97. The number of non-ortho nitro benzene ring substituents is 1. The van der Waals surface area contributed by atoms with Gasteiger partial charge in [-0.05, 0) is 43.2 Å². The molecule has 0 fully saturated rings. The number of carbonyl (C=O) groups excluding carboxylic acids is 1. The fourth-order valence-corrected chi connectivity index (χ4v) is 1.23. The molecule has 0 saturated carbocycles. The maximum atomic E-state index is 10.8. The molecule has 1 rings (SSSR count). The molecule has 0 aliphatic rings. The minimum absolute atomic E-state index is 0.0362. The van der Waals surface area contributed by atoms with E-state index in [0.29, 0.717) is 0 Å². The summed E-state index contributed by atoms with van der Waals surface area (Å²) in [6.07, 6.45) is 1.50. The van der Waals surface area contributed by atoms with Gasteiger partial charge >= 0.3 is 0 Å². The molecule has 0 N–H and O–H groups in total. The van der Waals surface area contributed by atoms with Gasteiger partial charge in [0, 0.05) is 12.1 Å². The molecule has 15 heavy (non-hydrogen) atoms. The first-order chi connectivity index (χ1) is 7.00. The zero-order valence-corrected chi connectivity index (χ0v) is 8.56. The van der Waals surface area contributed by atoms with E-state index < -0.39 is 4.92 Å². The molecule has 4 nitrogen and oxygen atoms in total. The summed E-state index contributed by atoms with van der Waals surface area (Å²) >= 11 is 0. The van der Waals surface area contributed by atoms with Crippen LogP contribution in [-0.2, 0) is 4.79 Å². The molecule has 1 aromatic carbocycles. The van der Waals surface area contributed by atoms with E-state index in [1.807, 2.05) is 0 Å². The monoisotopic (exact) mass is 205 g/mol. The summed E-state index contributed by atoms with van der Waals surface area (Å²) in [5.41, 5.74) is 1.67. The van der Waals surface area contributed by atoms with Gasteiger partial charge in [-0.3, -0.25) is 14.9 Å². The summed E-state index contributed by atoms with van der Waals surface area (Å²) in [4.78, 5) is 20.8. The predicted octanol–water partition coefficient (Wildman–Crippen LogP) is 2.59. The highest BCUT2D eigenvalue weighted by Gasteiger charge is 2.04. The van der Waals surface area contributed by atoms with Crippen molar-refractivity contribution in [1.82, 2.24) is 0 Å². The number of nitro groups is 1. The Kier molecular flexibility index (Phi) is 3.33. The Bertz CT molecular complexity index is 418. The van der Waals surface area contributed by atoms with Gasteiger partial charge in [0.15, 0.2) is 5.78 Å². The van der Waals surface area contributed by atoms with Crippen LogP contribution >= 0.6 is 0 Å². The topological polar surface area (TPSA) is 60.2 Å². The maximum absolute atomic E-state index is 10.8. The Morgan fingerprint density at radius 1 is 1.27 bits per heavy atom. The zero-order chi connectivity index (χ0) is 11.4. The molecule has 0 amide bonds. The summed E-state index contributed by atoms with van der Waals surface area (Å²) in [6, 6.07) is 6.11. The third-order valence-electron chi connectivity index (χ3n) is 1.95. The van der Waals surface area contributed by atoms with Crippen LogP contribution in [0.4, 0.5) is 5.69 Å². The van der Waals surface area contributed by atoms with Crippen LogP contribution in [0, 0.1) is 10.1 Å². The second kappa shape index (κ2) is 4.50. The molecule has 78 valence electrons. The van der Waals surface area contributed by atoms with Crippen molar-refractivity contribution >= 4 is 17.0 Å². The van der Waals surface area contributed by atoms with E-state index in [1.165, 1.54) is 25.1 Å². The number of allylic oxidation sites excluding steroid dienone is 2. The normalized spacial score (nSPS) is 11.2. The van der Waals surface area contributed by atoms with Crippen molar-refractivity contribution in [3.8, 4) is 0 Å². The molecule has 0 heterocycles. The SMILES string of the molecule is CC(=O)/C=C(/C)c1ccc([N+](=O)[O-])cc1. The first-order valence-corrected chi connectivity index (χ1v) is 4.44. The average Bonchev–Trinajstić information content (AvgIpc) is 2.17. The van der Waals surface area contributed by atoms with Crippen molar-refractivity contribution in [3.63, 3.8) is 0 Å². The molecular formula is C11H11NO3. The van der Waals surface area contributed by atoms with Crippen molar-refractivity contribution < 1.29 is 9.72 Å². The highest BCUT2D eigenvalue weighted by atomic mass is 16.6. The molecule has 0 aliphatic heterocycles. The smallest absolute Gasteiger partial charge is 0.269 e. The van der Waals surface area contributed by atoms with Gasteiger partial charge in [-0.2, -0.15) is 0 Å². The first-order valence-electron chi connectivity index (χ1n) is 4.44. The summed E-state index contributed by atoms with van der Waals surface area (Å²) in [6.45, 7) is 3.26. The quantitative estimate of drug-likeness (QED) is 0.433. The van der Waals surface area contributed by atoms with E-state index in [9.17, 15) is 14.9 Å². The lowest BCUT2D eigenvalue weighted by Gasteiger charge is -1.99. The summed E-state index contributed by atoms with van der Waals surface area (Å²) in [5, 5.41) is 10.4. The van der Waals surface area contributed by atoms with Gasteiger partial charge < -0.3 is 0 Å². The van der Waals surface area contributed by atoms with Gasteiger partial charge in [0.1, 0.15) is 0 Å². The van der Waals surface area contributed by atoms with Crippen LogP contribution in [0.25, 0.3) is 5.57 Å². The maximum Gasteiger partial charge on any atom is 0.269 e. The predicted molar refractivity (Wildman–Crippen MR) is 57.4 cm³/mol. The molecule has 0 aliphatic carbocycles. The number of rotatable bonds is 3. The van der Waals surface area contributed by atoms with Crippen LogP contribution in [0.5, 0.6) is 0 Å². The molecule has 0 bridgehead atoms. The molecule has 0 unspecified atom stereocenters. The Morgan fingerprint density at radius 3 is 2.20 bits per heavy atom. The minimum Gasteiger partial charge on any atom is -0.295 e. The molecule has 0 spiro atoms. The van der Waals surface area contributed by atoms with E-state index in [-0.39, 0.29) is 11.5 Å². The van der Waals surface area contributed by atoms with Crippen LogP contribution in [0.15, 0.2) is 30.3 Å². The molecule has 0 radical (unpaired) electrons. The van der Waals surface area contributed by atoms with Crippen molar-refractivity contribution in [3.05, 3.63) is 46.0 Å². The first kappa shape index (κ1) is 11.1. The van der Waals surface area contributed by atoms with E-state index in [0.717, 1.165) is 11.1 Å². The lowest BCUT2D eigenvalue weighted by atomic mass is 10.1. The minimum atomic E-state index is -0.451. The second-order valence-electron chi connectivity index (χ2n) is 3.24. The molecule has 0 atom stereocenters. The molecular weight excluding hydrogens is 194 g/mol. The van der Waals surface area contributed by atoms with E-state index in [1.54, 1.807) is 19.1 Å². The lowest BCUT2D eigenvalue weighted by molar-refractivity contribution is -0.384. The van der Waals surface area contributed by atoms with Crippen LogP contribution in [0.1, 0.15) is 19.4 Å². The summed E-state index contributed by atoms with van der Waals surface area (Å²) in [7, 11) is 0. The number of benzene rings is 1. The number of ketones is 1. The Morgan fingerprint density at radius 2 is 1.80 bits per heavy atom. The molecule has 4 heteroatoms. The van der Waals surface area contributed by atoms with E-state index in [4.69, 9.17) is 0 Å². The lowest BCUT2D eigenvalue weighted by Crippen LogP contribution is -1.89.